The number of nitrogens with one attached hydrogen (secondary N) is 1. The molecule has 0 radical (unpaired) electrons. The molecule has 0 aliphatic heterocycles. The largest absolute Gasteiger partial charge is 0.346 e. The molecule has 5 heteroatoms. The van der Waals surface area contributed by atoms with Crippen LogP contribution in [0, 0.1) is 24.1 Å². The van der Waals surface area contributed by atoms with Gasteiger partial charge < -0.3 is 4.98 Å². The number of benzene rings is 1. The number of hydrogen-bond acceptors (Lipinski definition) is 2. The zero-order chi connectivity index (χ0) is 21.2. The van der Waals surface area contributed by atoms with Crippen LogP contribution in [0.15, 0.2) is 53.9 Å². The van der Waals surface area contributed by atoms with Crippen LogP contribution in [0.5, 0.6) is 0 Å². The van der Waals surface area contributed by atoms with E-state index >= 15 is 0 Å². The summed E-state index contributed by atoms with van der Waals surface area (Å²) in [7, 11) is 0. The molecule has 0 amide bonds. The number of aromatic nitrogens is 4. The molecule has 0 unspecified atom stereocenters. The van der Waals surface area contributed by atoms with E-state index in [0.29, 0.717) is 11.8 Å². The van der Waals surface area contributed by atoms with Crippen LogP contribution < -0.4 is 0 Å². The van der Waals surface area contributed by atoms with Crippen molar-refractivity contribution >= 4 is 6.08 Å². The highest BCUT2D eigenvalue weighted by atomic mass is 19.1. The van der Waals surface area contributed by atoms with Crippen LogP contribution in [0.1, 0.15) is 61.3 Å². The fourth-order valence-corrected chi connectivity index (χ4v) is 6.16. The SMILES string of the molecule is Cc1cnc([C@@H]2CCC=C3[C@@H]2CCC2=Cc4c(cnn4-c4ccc(F)cc4)C[C@@]23C)[nH]1. The Morgan fingerprint density at radius 2 is 1.97 bits per heavy atom. The van der Waals surface area contributed by atoms with E-state index in [1.54, 1.807) is 17.7 Å². The van der Waals surface area contributed by atoms with Crippen molar-refractivity contribution in [2.45, 2.75) is 51.9 Å². The average Bonchev–Trinajstić information content (AvgIpc) is 3.38. The first kappa shape index (κ1) is 18.8. The second kappa shape index (κ2) is 6.78. The van der Waals surface area contributed by atoms with E-state index in [9.17, 15) is 4.39 Å². The third-order valence-corrected chi connectivity index (χ3v) is 7.68. The van der Waals surface area contributed by atoms with Crippen LogP contribution in [-0.4, -0.2) is 19.7 Å². The normalized spacial score (nSPS) is 27.1. The number of aryl methyl sites for hydroxylation is 1. The molecule has 3 aliphatic carbocycles. The van der Waals surface area contributed by atoms with Crippen molar-refractivity contribution in [3.8, 4) is 5.69 Å². The Balaban J connectivity index is 1.38. The average molecular weight is 415 g/mol. The summed E-state index contributed by atoms with van der Waals surface area (Å²) in [6.07, 6.45) is 14.3. The van der Waals surface area contributed by atoms with E-state index in [1.165, 1.54) is 29.7 Å². The summed E-state index contributed by atoms with van der Waals surface area (Å²) in [6, 6.07) is 6.59. The summed E-state index contributed by atoms with van der Waals surface area (Å²) in [5.41, 5.74) is 7.61. The summed E-state index contributed by atoms with van der Waals surface area (Å²) >= 11 is 0. The Morgan fingerprint density at radius 1 is 1.13 bits per heavy atom. The van der Waals surface area contributed by atoms with E-state index in [-0.39, 0.29) is 11.2 Å². The molecule has 1 fully saturated rings. The fraction of sp³-hybridized carbons (Fsp3) is 0.385. The zero-order valence-electron chi connectivity index (χ0n) is 18.0. The van der Waals surface area contributed by atoms with Crippen LogP contribution >= 0.6 is 0 Å². The molecule has 3 aromatic rings. The van der Waals surface area contributed by atoms with E-state index in [2.05, 4.69) is 36.1 Å². The first-order valence-electron chi connectivity index (χ1n) is 11.3. The lowest BCUT2D eigenvalue weighted by Gasteiger charge is -2.49. The number of imidazole rings is 1. The lowest BCUT2D eigenvalue weighted by molar-refractivity contribution is 0.276. The Hall–Kier alpha value is -2.95. The Morgan fingerprint density at radius 3 is 2.74 bits per heavy atom. The topological polar surface area (TPSA) is 46.5 Å². The van der Waals surface area contributed by atoms with Gasteiger partial charge in [-0.25, -0.2) is 14.1 Å². The molecular weight excluding hydrogens is 387 g/mol. The van der Waals surface area contributed by atoms with Crippen LogP contribution in [0.25, 0.3) is 11.8 Å². The summed E-state index contributed by atoms with van der Waals surface area (Å²) in [4.78, 5) is 8.21. The summed E-state index contributed by atoms with van der Waals surface area (Å²) in [5, 5.41) is 4.67. The molecule has 3 aliphatic rings. The van der Waals surface area contributed by atoms with Gasteiger partial charge in [0, 0.05) is 23.2 Å². The van der Waals surface area contributed by atoms with E-state index in [0.717, 1.165) is 48.6 Å². The van der Waals surface area contributed by atoms with Crippen molar-refractivity contribution in [2.75, 3.05) is 0 Å². The van der Waals surface area contributed by atoms with Gasteiger partial charge in [-0.3, -0.25) is 0 Å². The van der Waals surface area contributed by atoms with Gasteiger partial charge in [-0.15, -0.1) is 0 Å². The minimum atomic E-state index is -0.223. The molecule has 158 valence electrons. The number of aromatic amines is 1. The minimum absolute atomic E-state index is 0.0485. The standard InChI is InChI=1S/C26H27FN4/c1-16-14-28-25(30-16)22-4-3-5-23-21(22)11-6-18-12-24-17(13-26(18,23)2)15-29-31(24)20-9-7-19(27)8-10-20/h5,7-10,12,14-15,21-22H,3-4,6,11,13H2,1-2H3,(H,28,30)/t21-,22-,26+/m1/s1. The van der Waals surface area contributed by atoms with Gasteiger partial charge in [-0.1, -0.05) is 24.1 Å². The Labute approximate surface area is 181 Å². The summed E-state index contributed by atoms with van der Waals surface area (Å²) < 4.78 is 15.4. The maximum atomic E-state index is 13.4. The molecule has 4 nitrogen and oxygen atoms in total. The molecule has 1 aromatic carbocycles. The maximum absolute atomic E-state index is 13.4. The minimum Gasteiger partial charge on any atom is -0.346 e. The highest BCUT2D eigenvalue weighted by molar-refractivity contribution is 5.63. The number of halogens is 1. The molecule has 0 saturated heterocycles. The van der Waals surface area contributed by atoms with Crippen molar-refractivity contribution < 1.29 is 4.39 Å². The molecule has 1 N–H and O–H groups in total. The molecule has 0 spiro atoms. The van der Waals surface area contributed by atoms with Gasteiger partial charge in [0.25, 0.3) is 0 Å². The van der Waals surface area contributed by atoms with E-state index in [1.807, 2.05) is 17.1 Å². The highest BCUT2D eigenvalue weighted by Crippen LogP contribution is 2.57. The first-order valence-corrected chi connectivity index (χ1v) is 11.3. The molecule has 31 heavy (non-hydrogen) atoms. The molecule has 2 aromatic heterocycles. The van der Waals surface area contributed by atoms with Gasteiger partial charge in [0.2, 0.25) is 0 Å². The highest BCUT2D eigenvalue weighted by Gasteiger charge is 2.47. The van der Waals surface area contributed by atoms with Crippen LogP contribution in [0.3, 0.4) is 0 Å². The van der Waals surface area contributed by atoms with Gasteiger partial charge in [0.15, 0.2) is 0 Å². The number of fused-ring (bicyclic) bond motifs is 4. The van der Waals surface area contributed by atoms with Gasteiger partial charge in [0.05, 0.1) is 17.6 Å². The fourth-order valence-electron chi connectivity index (χ4n) is 6.16. The number of allylic oxidation sites excluding steroid dienone is 3. The molecule has 3 atom stereocenters. The molecule has 2 heterocycles. The van der Waals surface area contributed by atoms with Crippen molar-refractivity contribution in [3.05, 3.63) is 82.5 Å². The van der Waals surface area contributed by atoms with Gasteiger partial charge >= 0.3 is 0 Å². The molecule has 6 rings (SSSR count). The third-order valence-electron chi connectivity index (χ3n) is 7.68. The van der Waals surface area contributed by atoms with Crippen molar-refractivity contribution in [3.63, 3.8) is 0 Å². The van der Waals surface area contributed by atoms with Crippen LogP contribution in [0.4, 0.5) is 4.39 Å². The summed E-state index contributed by atoms with van der Waals surface area (Å²) in [6.45, 7) is 4.51. The maximum Gasteiger partial charge on any atom is 0.123 e. The number of hydrogen-bond donors (Lipinski definition) is 1. The lowest BCUT2D eigenvalue weighted by atomic mass is 9.55. The van der Waals surface area contributed by atoms with E-state index in [4.69, 9.17) is 4.98 Å². The van der Waals surface area contributed by atoms with Crippen molar-refractivity contribution in [1.82, 2.24) is 19.7 Å². The van der Waals surface area contributed by atoms with Crippen molar-refractivity contribution in [1.29, 1.82) is 0 Å². The second-order valence-electron chi connectivity index (χ2n) is 9.56. The van der Waals surface area contributed by atoms with Gasteiger partial charge in [-0.2, -0.15) is 5.10 Å². The number of H-pyrrole nitrogens is 1. The molecular formula is C26H27FN4. The first-order chi connectivity index (χ1) is 15.0. The van der Waals surface area contributed by atoms with Gasteiger partial charge in [-0.05, 0) is 80.9 Å². The van der Waals surface area contributed by atoms with Crippen molar-refractivity contribution in [2.24, 2.45) is 11.3 Å². The summed E-state index contributed by atoms with van der Waals surface area (Å²) in [5.74, 6) is 1.97. The lowest BCUT2D eigenvalue weighted by Crippen LogP contribution is -2.39. The quantitative estimate of drug-likeness (QED) is 0.531. The monoisotopic (exact) mass is 414 g/mol. The molecule has 0 bridgehead atoms. The zero-order valence-corrected chi connectivity index (χ0v) is 18.0. The third kappa shape index (κ3) is 2.86. The Kier molecular flexibility index (Phi) is 4.11. The Bertz CT molecular complexity index is 1210. The smallest absolute Gasteiger partial charge is 0.123 e. The van der Waals surface area contributed by atoms with Gasteiger partial charge in [0.1, 0.15) is 11.6 Å². The number of rotatable bonds is 2. The second-order valence-corrected chi connectivity index (χ2v) is 9.56. The predicted molar refractivity (Wildman–Crippen MR) is 119 cm³/mol. The van der Waals surface area contributed by atoms with E-state index < -0.39 is 0 Å². The molecule has 1 saturated carbocycles. The number of nitrogens with zero attached hydrogens (tertiary/aromatic N) is 3. The van der Waals surface area contributed by atoms with Crippen LogP contribution in [0.2, 0.25) is 0 Å². The predicted octanol–water partition coefficient (Wildman–Crippen LogP) is 5.90. The van der Waals surface area contributed by atoms with Crippen LogP contribution in [-0.2, 0) is 6.42 Å².